The van der Waals surface area contributed by atoms with Gasteiger partial charge in [0.2, 0.25) is 0 Å². The van der Waals surface area contributed by atoms with Gasteiger partial charge in [-0.3, -0.25) is 5.32 Å². The largest absolute Gasteiger partial charge is 0.449 e. The molecule has 24 heavy (non-hydrogen) atoms. The van der Waals surface area contributed by atoms with Crippen molar-refractivity contribution in [2.75, 3.05) is 28.3 Å². The summed E-state index contributed by atoms with van der Waals surface area (Å²) in [5, 5.41) is 6.39. The molecule has 4 N–H and O–H groups in total. The van der Waals surface area contributed by atoms with E-state index < -0.39 is 6.09 Å². The molecule has 0 unspecified atom stereocenters. The van der Waals surface area contributed by atoms with Gasteiger partial charge in [-0.1, -0.05) is 28.1 Å². The number of ether oxygens (including phenoxy) is 1. The number of halogens is 2. The fraction of sp³-hybridized carbons (Fsp3) is 0.250. The minimum atomic E-state index is -0.573. The van der Waals surface area contributed by atoms with Crippen LogP contribution in [0.5, 0.6) is 0 Å². The molecule has 2 rings (SSSR count). The molecule has 0 saturated heterocycles. The van der Waals surface area contributed by atoms with Crippen molar-refractivity contribution < 1.29 is 13.9 Å². The van der Waals surface area contributed by atoms with Crippen molar-refractivity contribution in [2.24, 2.45) is 0 Å². The minimum Gasteiger partial charge on any atom is -0.449 e. The van der Waals surface area contributed by atoms with Crippen LogP contribution in [0, 0.1) is 5.82 Å². The fourth-order valence-corrected chi connectivity index (χ4v) is 2.07. The topological polar surface area (TPSA) is 89.3 Å². The molecule has 1 aromatic carbocycles. The van der Waals surface area contributed by atoms with Gasteiger partial charge in [0.25, 0.3) is 0 Å². The number of nitrogens with one attached hydrogen (secondary N) is 2. The summed E-state index contributed by atoms with van der Waals surface area (Å²) in [5.41, 5.74) is 7.13. The Balaban J connectivity index is 1.89. The van der Waals surface area contributed by atoms with Crippen LogP contribution in [0.25, 0.3) is 0 Å². The fourth-order valence-electron chi connectivity index (χ4n) is 1.84. The lowest BCUT2D eigenvalue weighted by molar-refractivity contribution is 0.162. The second-order valence-electron chi connectivity index (χ2n) is 4.91. The molecule has 0 atom stereocenters. The Hall–Kier alpha value is -2.35. The molecular formula is C16H18BrFN4O2. The number of benzene rings is 1. The first kappa shape index (κ1) is 18.0. The van der Waals surface area contributed by atoms with Crippen molar-refractivity contribution in [1.29, 1.82) is 0 Å². The number of nitrogen functional groups attached to an aromatic ring is 1. The van der Waals surface area contributed by atoms with E-state index in [4.69, 9.17) is 10.5 Å². The Morgan fingerprint density at radius 2 is 2.00 bits per heavy atom. The van der Waals surface area contributed by atoms with Gasteiger partial charge >= 0.3 is 6.09 Å². The van der Waals surface area contributed by atoms with Gasteiger partial charge in [0, 0.05) is 11.9 Å². The second-order valence-corrected chi connectivity index (χ2v) is 5.71. The summed E-state index contributed by atoms with van der Waals surface area (Å²) in [4.78, 5) is 15.8. The number of alkyl halides is 1. The van der Waals surface area contributed by atoms with Gasteiger partial charge in [-0.15, -0.1) is 0 Å². The van der Waals surface area contributed by atoms with Crippen molar-refractivity contribution in [1.82, 2.24) is 4.98 Å². The highest BCUT2D eigenvalue weighted by molar-refractivity contribution is 9.09. The minimum absolute atomic E-state index is 0.177. The van der Waals surface area contributed by atoms with Crippen molar-refractivity contribution in [3.8, 4) is 0 Å². The van der Waals surface area contributed by atoms with Gasteiger partial charge in [0.15, 0.2) is 0 Å². The molecule has 0 aliphatic carbocycles. The van der Waals surface area contributed by atoms with Crippen LogP contribution >= 0.6 is 15.9 Å². The van der Waals surface area contributed by atoms with E-state index >= 15 is 0 Å². The zero-order chi connectivity index (χ0) is 17.4. The first-order valence-corrected chi connectivity index (χ1v) is 8.45. The summed E-state index contributed by atoms with van der Waals surface area (Å²) in [6, 6.07) is 9.49. The molecule has 0 spiro atoms. The van der Waals surface area contributed by atoms with Crippen LogP contribution in [0.15, 0.2) is 36.4 Å². The van der Waals surface area contributed by atoms with Crippen LogP contribution in [0.3, 0.4) is 0 Å². The van der Waals surface area contributed by atoms with E-state index in [2.05, 4.69) is 31.5 Å². The van der Waals surface area contributed by atoms with E-state index in [-0.39, 0.29) is 11.6 Å². The third-order valence-corrected chi connectivity index (χ3v) is 3.62. The van der Waals surface area contributed by atoms with Gasteiger partial charge < -0.3 is 15.8 Å². The first-order chi connectivity index (χ1) is 11.6. The van der Waals surface area contributed by atoms with Gasteiger partial charge in [-0.05, 0) is 36.2 Å². The van der Waals surface area contributed by atoms with Gasteiger partial charge in [0.05, 0.1) is 12.3 Å². The number of rotatable bonds is 7. The first-order valence-electron chi connectivity index (χ1n) is 7.33. The van der Waals surface area contributed by atoms with E-state index in [1.54, 1.807) is 24.3 Å². The number of nitrogens with two attached hydrogens (primary N) is 1. The number of amides is 1. The molecule has 0 aliphatic heterocycles. The molecule has 0 aliphatic rings. The Labute approximate surface area is 147 Å². The summed E-state index contributed by atoms with van der Waals surface area (Å²) in [6.07, 6.45) is 0.157. The Morgan fingerprint density at radius 3 is 2.67 bits per heavy atom. The predicted octanol–water partition coefficient (Wildman–Crippen LogP) is 3.75. The van der Waals surface area contributed by atoms with E-state index in [0.717, 1.165) is 17.3 Å². The predicted molar refractivity (Wildman–Crippen MR) is 95.8 cm³/mol. The SMILES string of the molecule is Nc1nc(NCc2ccc(F)cc2)ccc1NC(=O)OCCCBr. The van der Waals surface area contributed by atoms with Crippen LogP contribution in [-0.2, 0) is 11.3 Å². The molecule has 0 radical (unpaired) electrons. The lowest BCUT2D eigenvalue weighted by Gasteiger charge is -2.11. The molecule has 0 bridgehead atoms. The molecular weight excluding hydrogens is 379 g/mol. The molecule has 2 aromatic rings. The molecule has 6 nitrogen and oxygen atoms in total. The molecule has 8 heteroatoms. The molecule has 1 aromatic heterocycles. The van der Waals surface area contributed by atoms with Crippen molar-refractivity contribution in [2.45, 2.75) is 13.0 Å². The highest BCUT2D eigenvalue weighted by atomic mass is 79.9. The summed E-state index contributed by atoms with van der Waals surface area (Å²) in [6.45, 7) is 0.801. The van der Waals surface area contributed by atoms with Crippen molar-refractivity contribution in [3.05, 3.63) is 47.8 Å². The normalized spacial score (nSPS) is 10.2. The molecule has 128 valence electrons. The number of nitrogens with zero attached hydrogens (tertiary/aromatic N) is 1. The summed E-state index contributed by atoms with van der Waals surface area (Å²) in [7, 11) is 0. The number of carbonyl (C=O) groups is 1. The average Bonchev–Trinajstić information content (AvgIpc) is 2.57. The lowest BCUT2D eigenvalue weighted by Crippen LogP contribution is -2.16. The zero-order valence-electron chi connectivity index (χ0n) is 12.9. The maximum atomic E-state index is 12.9. The van der Waals surface area contributed by atoms with E-state index in [1.165, 1.54) is 12.1 Å². The maximum absolute atomic E-state index is 12.9. The summed E-state index contributed by atoms with van der Waals surface area (Å²) >= 11 is 3.25. The molecule has 1 amide bonds. The van der Waals surface area contributed by atoms with Crippen LogP contribution in [-0.4, -0.2) is 23.0 Å². The van der Waals surface area contributed by atoms with E-state index in [9.17, 15) is 9.18 Å². The van der Waals surface area contributed by atoms with E-state index in [1.807, 2.05) is 0 Å². The Morgan fingerprint density at radius 1 is 1.25 bits per heavy atom. The molecule has 0 fully saturated rings. The van der Waals surface area contributed by atoms with Crippen molar-refractivity contribution in [3.63, 3.8) is 0 Å². The average molecular weight is 397 g/mol. The highest BCUT2D eigenvalue weighted by Crippen LogP contribution is 2.19. The number of aromatic nitrogens is 1. The van der Waals surface area contributed by atoms with Crippen LogP contribution in [0.2, 0.25) is 0 Å². The number of hydrogen-bond acceptors (Lipinski definition) is 5. The lowest BCUT2D eigenvalue weighted by atomic mass is 10.2. The quantitative estimate of drug-likeness (QED) is 0.489. The number of carbonyl (C=O) groups excluding carboxylic acids is 1. The summed E-state index contributed by atoms with van der Waals surface area (Å²) < 4.78 is 17.8. The van der Waals surface area contributed by atoms with Gasteiger partial charge in [-0.2, -0.15) is 0 Å². The second kappa shape index (κ2) is 9.07. The van der Waals surface area contributed by atoms with Gasteiger partial charge in [0.1, 0.15) is 17.5 Å². The summed E-state index contributed by atoms with van der Waals surface area (Å²) in [5.74, 6) is 0.450. The highest BCUT2D eigenvalue weighted by Gasteiger charge is 2.08. The number of hydrogen-bond donors (Lipinski definition) is 3. The Bertz CT molecular complexity index is 682. The third-order valence-electron chi connectivity index (χ3n) is 3.06. The monoisotopic (exact) mass is 396 g/mol. The number of pyridine rings is 1. The standard InChI is InChI=1S/C16H18BrFN4O2/c17-8-1-9-24-16(23)21-13-6-7-14(22-15(13)19)20-10-11-2-4-12(18)5-3-11/h2-7H,1,8-10H2,(H,21,23)(H3,19,20,22). The Kier molecular flexibility index (Phi) is 6.80. The van der Waals surface area contributed by atoms with Crippen LogP contribution in [0.1, 0.15) is 12.0 Å². The molecule has 1 heterocycles. The maximum Gasteiger partial charge on any atom is 0.411 e. The van der Waals surface area contributed by atoms with Gasteiger partial charge in [-0.25, -0.2) is 14.2 Å². The smallest absolute Gasteiger partial charge is 0.411 e. The third kappa shape index (κ3) is 5.69. The van der Waals surface area contributed by atoms with E-state index in [0.29, 0.717) is 24.7 Å². The molecule has 0 saturated carbocycles. The van der Waals surface area contributed by atoms with Crippen LogP contribution in [0.4, 0.5) is 26.5 Å². The zero-order valence-corrected chi connectivity index (χ0v) is 14.5. The van der Waals surface area contributed by atoms with Crippen LogP contribution < -0.4 is 16.4 Å². The van der Waals surface area contributed by atoms with Crippen molar-refractivity contribution >= 4 is 39.3 Å². The number of anilines is 3.